The third-order valence-corrected chi connectivity index (χ3v) is 8.12. The Balaban J connectivity index is 1.57. The molecule has 0 bridgehead atoms. The fourth-order valence-corrected chi connectivity index (χ4v) is 6.03. The van der Waals surface area contributed by atoms with E-state index in [1.807, 2.05) is 30.3 Å². The van der Waals surface area contributed by atoms with Crippen LogP contribution in [0.2, 0.25) is 0 Å². The molecule has 0 radical (unpaired) electrons. The summed E-state index contributed by atoms with van der Waals surface area (Å²) < 4.78 is 52.8. The van der Waals surface area contributed by atoms with Crippen LogP contribution in [0.5, 0.6) is 5.75 Å². The zero-order valence-electron chi connectivity index (χ0n) is 18.5. The number of hydrogen-bond acceptors (Lipinski definition) is 5. The van der Waals surface area contributed by atoms with E-state index in [9.17, 15) is 17.6 Å². The number of para-hydroxylation sites is 1. The van der Waals surface area contributed by atoms with E-state index in [2.05, 4.69) is 0 Å². The number of carbonyl (C=O) groups excluding carboxylic acids is 1. The van der Waals surface area contributed by atoms with Crippen LogP contribution in [0.25, 0.3) is 0 Å². The van der Waals surface area contributed by atoms with Crippen molar-refractivity contribution < 1.29 is 27.1 Å². The number of morpholine rings is 1. The Labute approximate surface area is 194 Å². The SMILES string of the molecule is O=C(CC1(COc2ccccc2)CCCN(S(=O)(=O)c2ccc(F)cc2)C1)N1CCOCC1. The van der Waals surface area contributed by atoms with Crippen LogP contribution in [0.15, 0.2) is 59.5 Å². The third kappa shape index (κ3) is 5.72. The molecule has 1 amide bonds. The molecule has 0 saturated carbocycles. The van der Waals surface area contributed by atoms with Gasteiger partial charge in [0.1, 0.15) is 11.6 Å². The average molecular weight is 477 g/mol. The van der Waals surface area contributed by atoms with Gasteiger partial charge in [-0.2, -0.15) is 4.31 Å². The number of carbonyl (C=O) groups is 1. The van der Waals surface area contributed by atoms with Crippen molar-refractivity contribution in [3.8, 4) is 5.75 Å². The van der Waals surface area contributed by atoms with Crippen molar-refractivity contribution in [2.45, 2.75) is 24.2 Å². The molecule has 2 aromatic rings. The number of ether oxygens (including phenoxy) is 2. The van der Waals surface area contributed by atoms with E-state index in [4.69, 9.17) is 9.47 Å². The van der Waals surface area contributed by atoms with Gasteiger partial charge in [-0.15, -0.1) is 0 Å². The second kappa shape index (κ2) is 10.2. The molecule has 178 valence electrons. The second-order valence-corrected chi connectivity index (χ2v) is 10.6. The molecule has 4 rings (SSSR count). The van der Waals surface area contributed by atoms with Gasteiger partial charge in [0, 0.05) is 38.0 Å². The maximum Gasteiger partial charge on any atom is 0.243 e. The van der Waals surface area contributed by atoms with Crippen molar-refractivity contribution in [2.75, 3.05) is 46.0 Å². The van der Waals surface area contributed by atoms with Crippen molar-refractivity contribution >= 4 is 15.9 Å². The predicted molar refractivity (Wildman–Crippen MR) is 121 cm³/mol. The number of halogens is 1. The van der Waals surface area contributed by atoms with Crippen molar-refractivity contribution in [1.29, 1.82) is 0 Å². The molecule has 1 unspecified atom stereocenters. The van der Waals surface area contributed by atoms with Gasteiger partial charge < -0.3 is 14.4 Å². The molecular weight excluding hydrogens is 447 g/mol. The Kier molecular flexibility index (Phi) is 7.31. The van der Waals surface area contributed by atoms with Crippen molar-refractivity contribution in [2.24, 2.45) is 5.41 Å². The number of hydrogen-bond donors (Lipinski definition) is 0. The van der Waals surface area contributed by atoms with Gasteiger partial charge in [0.2, 0.25) is 15.9 Å². The van der Waals surface area contributed by atoms with Crippen molar-refractivity contribution in [3.05, 3.63) is 60.4 Å². The standard InChI is InChI=1S/C24H29FN2O5S/c25-20-7-9-22(10-8-20)33(29,30)27-12-4-11-24(18-27,19-32-21-5-2-1-3-6-21)17-23(28)26-13-15-31-16-14-26/h1-3,5-10H,4,11-19H2. The first-order chi connectivity index (χ1) is 15.9. The zero-order chi connectivity index (χ0) is 23.3. The predicted octanol–water partition coefficient (Wildman–Crippen LogP) is 2.92. The van der Waals surface area contributed by atoms with Crippen LogP contribution in [-0.4, -0.2) is 69.5 Å². The average Bonchev–Trinajstić information content (AvgIpc) is 2.84. The molecule has 0 N–H and O–H groups in total. The molecular formula is C24H29FN2O5S. The summed E-state index contributed by atoms with van der Waals surface area (Å²) in [6.07, 6.45) is 1.47. The van der Waals surface area contributed by atoms with E-state index in [1.165, 1.54) is 16.4 Å². The molecule has 0 spiro atoms. The maximum absolute atomic E-state index is 13.3. The summed E-state index contributed by atoms with van der Waals surface area (Å²) in [5.41, 5.74) is -0.670. The van der Waals surface area contributed by atoms with Gasteiger partial charge in [-0.25, -0.2) is 12.8 Å². The fraction of sp³-hybridized carbons (Fsp3) is 0.458. The lowest BCUT2D eigenvalue weighted by Gasteiger charge is -2.42. The summed E-state index contributed by atoms with van der Waals surface area (Å²) in [6.45, 7) is 2.81. The van der Waals surface area contributed by atoms with Crippen LogP contribution in [0.1, 0.15) is 19.3 Å². The molecule has 2 heterocycles. The Hall–Kier alpha value is -2.49. The summed E-state index contributed by atoms with van der Waals surface area (Å²) in [4.78, 5) is 15.0. The van der Waals surface area contributed by atoms with Crippen LogP contribution in [-0.2, 0) is 19.6 Å². The Bertz CT molecular complexity index is 1040. The molecule has 2 aromatic carbocycles. The highest BCUT2D eigenvalue weighted by molar-refractivity contribution is 7.89. The molecule has 7 nitrogen and oxygen atoms in total. The minimum absolute atomic E-state index is 0.0176. The topological polar surface area (TPSA) is 76.2 Å². The normalized spacial score (nSPS) is 22.2. The van der Waals surface area contributed by atoms with E-state index in [-0.39, 0.29) is 30.4 Å². The number of nitrogens with zero attached hydrogens (tertiary/aromatic N) is 2. The number of rotatable bonds is 7. The van der Waals surface area contributed by atoms with Crippen LogP contribution in [0, 0.1) is 11.2 Å². The first-order valence-corrected chi connectivity index (χ1v) is 12.6. The smallest absolute Gasteiger partial charge is 0.243 e. The van der Waals surface area contributed by atoms with Crippen LogP contribution < -0.4 is 4.74 Å². The minimum atomic E-state index is -3.83. The van der Waals surface area contributed by atoms with Gasteiger partial charge in [0.15, 0.2) is 0 Å². The molecule has 9 heteroatoms. The summed E-state index contributed by atoms with van der Waals surface area (Å²) in [7, 11) is -3.83. The first-order valence-electron chi connectivity index (χ1n) is 11.2. The number of sulfonamides is 1. The zero-order valence-corrected chi connectivity index (χ0v) is 19.3. The fourth-order valence-electron chi connectivity index (χ4n) is 4.44. The monoisotopic (exact) mass is 476 g/mol. The molecule has 0 aromatic heterocycles. The second-order valence-electron chi connectivity index (χ2n) is 8.67. The van der Waals surface area contributed by atoms with E-state index in [1.54, 1.807) is 4.90 Å². The van der Waals surface area contributed by atoms with Crippen LogP contribution >= 0.6 is 0 Å². The van der Waals surface area contributed by atoms with Crippen molar-refractivity contribution in [1.82, 2.24) is 9.21 Å². The van der Waals surface area contributed by atoms with Crippen LogP contribution in [0.4, 0.5) is 4.39 Å². The molecule has 2 fully saturated rings. The first kappa shape index (κ1) is 23.7. The number of piperidine rings is 1. The minimum Gasteiger partial charge on any atom is -0.493 e. The molecule has 2 aliphatic rings. The lowest BCUT2D eigenvalue weighted by molar-refractivity contribution is -0.139. The van der Waals surface area contributed by atoms with Crippen molar-refractivity contribution in [3.63, 3.8) is 0 Å². The van der Waals surface area contributed by atoms with Crippen LogP contribution in [0.3, 0.4) is 0 Å². The van der Waals surface area contributed by atoms with Gasteiger partial charge in [-0.3, -0.25) is 4.79 Å². The Morgan fingerprint density at radius 1 is 1.03 bits per heavy atom. The highest BCUT2D eigenvalue weighted by atomic mass is 32.2. The Morgan fingerprint density at radius 2 is 1.73 bits per heavy atom. The van der Waals surface area contributed by atoms with Gasteiger partial charge in [-0.05, 0) is 49.2 Å². The van der Waals surface area contributed by atoms with Gasteiger partial charge in [-0.1, -0.05) is 18.2 Å². The highest BCUT2D eigenvalue weighted by Gasteiger charge is 2.43. The van der Waals surface area contributed by atoms with E-state index in [0.29, 0.717) is 51.4 Å². The van der Waals surface area contributed by atoms with Gasteiger partial charge in [0.05, 0.1) is 24.7 Å². The summed E-state index contributed by atoms with van der Waals surface area (Å²) in [6, 6.07) is 14.2. The van der Waals surface area contributed by atoms with Gasteiger partial charge >= 0.3 is 0 Å². The highest BCUT2D eigenvalue weighted by Crippen LogP contribution is 2.37. The van der Waals surface area contributed by atoms with E-state index in [0.717, 1.165) is 12.1 Å². The summed E-state index contributed by atoms with van der Waals surface area (Å²) >= 11 is 0. The molecule has 1 atom stereocenters. The third-order valence-electron chi connectivity index (χ3n) is 6.26. The summed E-state index contributed by atoms with van der Waals surface area (Å²) in [5, 5.41) is 0. The number of benzene rings is 2. The summed E-state index contributed by atoms with van der Waals surface area (Å²) in [5.74, 6) is 0.166. The van der Waals surface area contributed by atoms with E-state index >= 15 is 0 Å². The molecule has 33 heavy (non-hydrogen) atoms. The molecule has 0 aliphatic carbocycles. The maximum atomic E-state index is 13.3. The quantitative estimate of drug-likeness (QED) is 0.614. The lowest BCUT2D eigenvalue weighted by Crippen LogP contribution is -2.51. The largest absolute Gasteiger partial charge is 0.493 e. The molecule has 2 saturated heterocycles. The molecule has 2 aliphatic heterocycles. The Morgan fingerprint density at radius 3 is 2.42 bits per heavy atom. The van der Waals surface area contributed by atoms with E-state index < -0.39 is 21.3 Å². The van der Waals surface area contributed by atoms with Gasteiger partial charge in [0.25, 0.3) is 0 Å². The lowest BCUT2D eigenvalue weighted by atomic mass is 9.78. The number of amides is 1.